The van der Waals surface area contributed by atoms with Crippen molar-refractivity contribution in [3.63, 3.8) is 0 Å². The van der Waals surface area contributed by atoms with Crippen LogP contribution in [-0.2, 0) is 10.9 Å². The molecule has 4 nitrogen and oxygen atoms in total. The Morgan fingerprint density at radius 3 is 2.38 bits per heavy atom. The fourth-order valence-electron chi connectivity index (χ4n) is 1.29. The van der Waals surface area contributed by atoms with Gasteiger partial charge in [-0.3, -0.25) is 5.10 Å². The molecule has 1 heterocycles. The minimum atomic E-state index is -4.67. The lowest BCUT2D eigenvalue weighted by atomic mass is 10.0. The molecular formula is C9H11F3N2O2. The summed E-state index contributed by atoms with van der Waals surface area (Å²) in [5.74, 6) is -1.32. The van der Waals surface area contributed by atoms with Gasteiger partial charge in [0.1, 0.15) is 5.56 Å². The third kappa shape index (κ3) is 2.17. The Hall–Kier alpha value is -1.53. The number of carbonyl (C=O) groups excluding carboxylic acids is 1. The summed E-state index contributed by atoms with van der Waals surface area (Å²) in [5, 5.41) is 5.35. The summed E-state index contributed by atoms with van der Waals surface area (Å²) in [4.78, 5) is 11.3. The molecule has 0 aliphatic rings. The number of nitrogens with zero attached hydrogens (tertiary/aromatic N) is 1. The summed E-state index contributed by atoms with van der Waals surface area (Å²) in [6.45, 7) is 3.31. The average molecular weight is 236 g/mol. The van der Waals surface area contributed by atoms with E-state index in [0.717, 1.165) is 7.11 Å². The second kappa shape index (κ2) is 4.15. The zero-order chi connectivity index (χ0) is 12.5. The van der Waals surface area contributed by atoms with Gasteiger partial charge in [-0.05, 0) is 5.92 Å². The average Bonchev–Trinajstić information content (AvgIpc) is 2.59. The van der Waals surface area contributed by atoms with Crippen molar-refractivity contribution in [1.29, 1.82) is 0 Å². The van der Waals surface area contributed by atoms with E-state index in [0.29, 0.717) is 0 Å². The number of aromatic amines is 1. The first-order valence-corrected chi connectivity index (χ1v) is 4.52. The molecule has 0 fully saturated rings. The van der Waals surface area contributed by atoms with Crippen LogP contribution in [0, 0.1) is 0 Å². The minimum absolute atomic E-state index is 0.124. The van der Waals surface area contributed by atoms with Gasteiger partial charge in [0.15, 0.2) is 5.69 Å². The fourth-order valence-corrected chi connectivity index (χ4v) is 1.29. The lowest BCUT2D eigenvalue weighted by molar-refractivity contribution is -0.141. The molecule has 0 aromatic carbocycles. The Morgan fingerprint density at radius 1 is 1.44 bits per heavy atom. The van der Waals surface area contributed by atoms with E-state index in [9.17, 15) is 18.0 Å². The SMILES string of the molecule is COC(=O)c1c(C(F)(F)F)n[nH]c1C(C)C. The summed E-state index contributed by atoms with van der Waals surface area (Å²) in [7, 11) is 1.03. The summed E-state index contributed by atoms with van der Waals surface area (Å²) in [5.41, 5.74) is -1.65. The van der Waals surface area contributed by atoms with E-state index in [1.807, 2.05) is 0 Å². The van der Waals surface area contributed by atoms with Gasteiger partial charge in [0.05, 0.1) is 12.8 Å². The standard InChI is InChI=1S/C9H11F3N2O2/c1-4(2)6-5(8(15)16-3)7(14-13-6)9(10,11)12/h4H,1-3H3,(H,13,14). The molecule has 0 atom stereocenters. The molecule has 0 saturated carbocycles. The molecule has 1 aromatic rings. The number of carbonyl (C=O) groups is 1. The topological polar surface area (TPSA) is 55.0 Å². The van der Waals surface area contributed by atoms with E-state index in [1.165, 1.54) is 0 Å². The Kier molecular flexibility index (Phi) is 3.25. The number of aromatic nitrogens is 2. The Labute approximate surface area is 89.8 Å². The molecular weight excluding hydrogens is 225 g/mol. The number of H-pyrrole nitrogens is 1. The Morgan fingerprint density at radius 2 is 2.00 bits per heavy atom. The summed E-state index contributed by atoms with van der Waals surface area (Å²) in [6, 6.07) is 0. The van der Waals surface area contributed by atoms with Crippen LogP contribution < -0.4 is 0 Å². The molecule has 0 bridgehead atoms. The molecule has 7 heteroatoms. The van der Waals surface area contributed by atoms with Crippen molar-refractivity contribution in [1.82, 2.24) is 10.2 Å². The quantitative estimate of drug-likeness (QED) is 0.802. The van der Waals surface area contributed by atoms with E-state index in [-0.39, 0.29) is 11.6 Å². The zero-order valence-corrected chi connectivity index (χ0v) is 8.97. The van der Waals surface area contributed by atoms with Crippen molar-refractivity contribution in [2.24, 2.45) is 0 Å². The van der Waals surface area contributed by atoms with Crippen LogP contribution in [0.2, 0.25) is 0 Å². The summed E-state index contributed by atoms with van der Waals surface area (Å²) >= 11 is 0. The highest BCUT2D eigenvalue weighted by molar-refractivity contribution is 5.92. The molecule has 16 heavy (non-hydrogen) atoms. The van der Waals surface area contributed by atoms with Crippen molar-refractivity contribution in [3.05, 3.63) is 17.0 Å². The Balaban J connectivity index is 3.37. The van der Waals surface area contributed by atoms with Gasteiger partial charge in [-0.15, -0.1) is 0 Å². The number of methoxy groups -OCH3 is 1. The third-order valence-corrected chi connectivity index (χ3v) is 2.03. The molecule has 1 rings (SSSR count). The maximum atomic E-state index is 12.5. The van der Waals surface area contributed by atoms with Crippen LogP contribution in [0.25, 0.3) is 0 Å². The number of hydrogen-bond acceptors (Lipinski definition) is 3. The van der Waals surface area contributed by atoms with Crippen LogP contribution in [0.3, 0.4) is 0 Å². The van der Waals surface area contributed by atoms with E-state index < -0.39 is 23.4 Å². The first-order valence-electron chi connectivity index (χ1n) is 4.52. The lowest BCUT2D eigenvalue weighted by Crippen LogP contribution is -2.14. The van der Waals surface area contributed by atoms with Gasteiger partial charge in [0.2, 0.25) is 0 Å². The number of ether oxygens (including phenoxy) is 1. The number of alkyl halides is 3. The first-order chi connectivity index (χ1) is 7.29. The van der Waals surface area contributed by atoms with E-state index in [1.54, 1.807) is 13.8 Å². The molecule has 90 valence electrons. The molecule has 0 aliphatic carbocycles. The van der Waals surface area contributed by atoms with Gasteiger partial charge < -0.3 is 4.74 Å². The normalized spacial score (nSPS) is 11.9. The second-order valence-corrected chi connectivity index (χ2v) is 3.50. The lowest BCUT2D eigenvalue weighted by Gasteiger charge is -2.07. The molecule has 1 N–H and O–H groups in total. The first kappa shape index (κ1) is 12.5. The number of halogens is 3. The van der Waals surface area contributed by atoms with Crippen molar-refractivity contribution < 1.29 is 22.7 Å². The van der Waals surface area contributed by atoms with Crippen LogP contribution in [0.4, 0.5) is 13.2 Å². The predicted molar refractivity (Wildman–Crippen MR) is 49.0 cm³/mol. The minimum Gasteiger partial charge on any atom is -0.465 e. The van der Waals surface area contributed by atoms with Crippen LogP contribution in [-0.4, -0.2) is 23.3 Å². The molecule has 0 radical (unpaired) electrons. The molecule has 0 unspecified atom stereocenters. The largest absolute Gasteiger partial charge is 0.465 e. The molecule has 0 amide bonds. The van der Waals surface area contributed by atoms with Crippen molar-refractivity contribution in [2.45, 2.75) is 25.9 Å². The number of esters is 1. The van der Waals surface area contributed by atoms with Gasteiger partial charge >= 0.3 is 12.1 Å². The second-order valence-electron chi connectivity index (χ2n) is 3.50. The highest BCUT2D eigenvalue weighted by Gasteiger charge is 2.41. The van der Waals surface area contributed by atoms with E-state index in [4.69, 9.17) is 0 Å². The monoisotopic (exact) mass is 236 g/mol. The summed E-state index contributed by atoms with van der Waals surface area (Å²) in [6.07, 6.45) is -4.67. The number of rotatable bonds is 2. The van der Waals surface area contributed by atoms with Crippen LogP contribution in [0.1, 0.15) is 41.5 Å². The van der Waals surface area contributed by atoms with Crippen LogP contribution >= 0.6 is 0 Å². The fraction of sp³-hybridized carbons (Fsp3) is 0.556. The maximum absolute atomic E-state index is 12.5. The molecule has 0 spiro atoms. The van der Waals surface area contributed by atoms with Gasteiger partial charge in [-0.25, -0.2) is 4.79 Å². The van der Waals surface area contributed by atoms with Gasteiger partial charge in [-0.1, -0.05) is 13.8 Å². The maximum Gasteiger partial charge on any atom is 0.436 e. The smallest absolute Gasteiger partial charge is 0.436 e. The predicted octanol–water partition coefficient (Wildman–Crippen LogP) is 2.34. The third-order valence-electron chi connectivity index (χ3n) is 2.03. The van der Waals surface area contributed by atoms with Crippen molar-refractivity contribution in [2.75, 3.05) is 7.11 Å². The Bertz CT molecular complexity index is 396. The molecule has 1 aromatic heterocycles. The van der Waals surface area contributed by atoms with Crippen molar-refractivity contribution >= 4 is 5.97 Å². The van der Waals surface area contributed by atoms with Crippen LogP contribution in [0.5, 0.6) is 0 Å². The molecule has 0 saturated heterocycles. The highest BCUT2D eigenvalue weighted by Crippen LogP contribution is 2.33. The molecule has 0 aliphatic heterocycles. The number of hydrogen-bond donors (Lipinski definition) is 1. The highest BCUT2D eigenvalue weighted by atomic mass is 19.4. The van der Waals surface area contributed by atoms with E-state index >= 15 is 0 Å². The van der Waals surface area contributed by atoms with Crippen molar-refractivity contribution in [3.8, 4) is 0 Å². The summed E-state index contributed by atoms with van der Waals surface area (Å²) < 4.78 is 41.9. The van der Waals surface area contributed by atoms with E-state index in [2.05, 4.69) is 14.9 Å². The zero-order valence-electron chi connectivity index (χ0n) is 8.97. The number of nitrogens with one attached hydrogen (secondary N) is 1. The van der Waals surface area contributed by atoms with Gasteiger partial charge in [0, 0.05) is 0 Å². The van der Waals surface area contributed by atoms with Crippen LogP contribution in [0.15, 0.2) is 0 Å². The van der Waals surface area contributed by atoms with Gasteiger partial charge in [0.25, 0.3) is 0 Å². The van der Waals surface area contributed by atoms with Gasteiger partial charge in [-0.2, -0.15) is 18.3 Å².